The molecule has 2 aromatic rings. The second kappa shape index (κ2) is 7.38. The minimum Gasteiger partial charge on any atom is -0.481 e. The molecule has 0 saturated heterocycles. The van der Waals surface area contributed by atoms with Gasteiger partial charge < -0.3 is 20.2 Å². The van der Waals surface area contributed by atoms with Gasteiger partial charge >= 0.3 is 12.0 Å². The molecular formula is C18H22N2O4. The number of hydrogen-bond donors (Lipinski definition) is 3. The Morgan fingerprint density at radius 2 is 1.92 bits per heavy atom. The number of amides is 2. The van der Waals surface area contributed by atoms with Crippen LogP contribution in [0.1, 0.15) is 31.4 Å². The first kappa shape index (κ1) is 16.4. The zero-order valence-corrected chi connectivity index (χ0v) is 13.5. The summed E-state index contributed by atoms with van der Waals surface area (Å²) in [5.74, 6) is -0.151. The van der Waals surface area contributed by atoms with Crippen molar-refractivity contribution in [1.82, 2.24) is 10.6 Å². The lowest BCUT2D eigenvalue weighted by atomic mass is 9.86. The van der Waals surface area contributed by atoms with Crippen molar-refractivity contribution in [2.45, 2.75) is 38.1 Å². The summed E-state index contributed by atoms with van der Waals surface area (Å²) in [7, 11) is 0. The van der Waals surface area contributed by atoms with Gasteiger partial charge in [-0.25, -0.2) is 4.79 Å². The maximum atomic E-state index is 11.9. The molecule has 0 radical (unpaired) electrons. The second-order valence-electron chi connectivity index (χ2n) is 6.29. The van der Waals surface area contributed by atoms with E-state index in [-0.39, 0.29) is 18.0 Å². The zero-order chi connectivity index (χ0) is 16.9. The Morgan fingerprint density at radius 1 is 1.17 bits per heavy atom. The van der Waals surface area contributed by atoms with E-state index in [0.29, 0.717) is 38.6 Å². The summed E-state index contributed by atoms with van der Waals surface area (Å²) in [6, 6.07) is 9.66. The number of urea groups is 1. The monoisotopic (exact) mass is 330 g/mol. The highest BCUT2D eigenvalue weighted by atomic mass is 16.4. The highest BCUT2D eigenvalue weighted by Crippen LogP contribution is 2.24. The lowest BCUT2D eigenvalue weighted by Crippen LogP contribution is -2.44. The van der Waals surface area contributed by atoms with Gasteiger partial charge in [-0.2, -0.15) is 0 Å². The van der Waals surface area contributed by atoms with E-state index < -0.39 is 5.97 Å². The summed E-state index contributed by atoms with van der Waals surface area (Å²) >= 11 is 0. The number of hydrogen-bond acceptors (Lipinski definition) is 3. The van der Waals surface area contributed by atoms with E-state index in [2.05, 4.69) is 10.6 Å². The van der Waals surface area contributed by atoms with Gasteiger partial charge in [-0.1, -0.05) is 18.2 Å². The number of fused-ring (bicyclic) bond motifs is 1. The topological polar surface area (TPSA) is 91.6 Å². The molecule has 1 fully saturated rings. The third kappa shape index (κ3) is 4.07. The van der Waals surface area contributed by atoms with Crippen LogP contribution in [-0.2, 0) is 11.2 Å². The van der Waals surface area contributed by atoms with Gasteiger partial charge in [0.15, 0.2) is 0 Å². The molecular weight excluding hydrogens is 308 g/mol. The Labute approximate surface area is 140 Å². The SMILES string of the molecule is O=C(NCCc1cc2ccccc2o1)NC1CCC(C(=O)O)CC1. The number of aliphatic carboxylic acids is 1. The first-order valence-corrected chi connectivity index (χ1v) is 8.36. The van der Waals surface area contributed by atoms with Crippen molar-refractivity contribution in [3.05, 3.63) is 36.1 Å². The lowest BCUT2D eigenvalue weighted by Gasteiger charge is -2.26. The van der Waals surface area contributed by atoms with Gasteiger partial charge in [0, 0.05) is 24.4 Å². The Kier molecular flexibility index (Phi) is 5.03. The molecule has 0 aliphatic heterocycles. The molecule has 0 spiro atoms. The average Bonchev–Trinajstić information content (AvgIpc) is 2.98. The van der Waals surface area contributed by atoms with Gasteiger partial charge in [-0.15, -0.1) is 0 Å². The molecule has 1 heterocycles. The quantitative estimate of drug-likeness (QED) is 0.786. The highest BCUT2D eigenvalue weighted by molar-refractivity contribution is 5.77. The van der Waals surface area contributed by atoms with E-state index in [1.807, 2.05) is 30.3 Å². The molecule has 0 unspecified atom stereocenters. The van der Waals surface area contributed by atoms with Gasteiger partial charge in [0.25, 0.3) is 0 Å². The third-order valence-corrected chi connectivity index (χ3v) is 4.55. The van der Waals surface area contributed by atoms with E-state index >= 15 is 0 Å². The van der Waals surface area contributed by atoms with E-state index in [9.17, 15) is 9.59 Å². The zero-order valence-electron chi connectivity index (χ0n) is 13.5. The summed E-state index contributed by atoms with van der Waals surface area (Å²) in [6.45, 7) is 0.496. The van der Waals surface area contributed by atoms with Crippen molar-refractivity contribution < 1.29 is 19.1 Å². The van der Waals surface area contributed by atoms with Crippen LogP contribution in [0.2, 0.25) is 0 Å². The van der Waals surface area contributed by atoms with Crippen LogP contribution in [0.15, 0.2) is 34.7 Å². The minimum absolute atomic E-state index is 0.0619. The maximum Gasteiger partial charge on any atom is 0.315 e. The fourth-order valence-corrected chi connectivity index (χ4v) is 3.18. The normalized spacial score (nSPS) is 20.7. The van der Waals surface area contributed by atoms with Crippen LogP contribution in [0.5, 0.6) is 0 Å². The molecule has 1 aromatic heterocycles. The van der Waals surface area contributed by atoms with Gasteiger partial charge in [0.1, 0.15) is 11.3 Å². The van der Waals surface area contributed by atoms with E-state index in [4.69, 9.17) is 9.52 Å². The van der Waals surface area contributed by atoms with Gasteiger partial charge in [0.05, 0.1) is 5.92 Å². The number of carboxylic acids is 1. The number of furan rings is 1. The Hall–Kier alpha value is -2.50. The molecule has 3 N–H and O–H groups in total. The lowest BCUT2D eigenvalue weighted by molar-refractivity contribution is -0.142. The molecule has 0 bridgehead atoms. The highest BCUT2D eigenvalue weighted by Gasteiger charge is 2.26. The van der Waals surface area contributed by atoms with E-state index in [1.54, 1.807) is 0 Å². The molecule has 6 heteroatoms. The summed E-state index contributed by atoms with van der Waals surface area (Å²) in [4.78, 5) is 22.8. The number of nitrogens with one attached hydrogen (secondary N) is 2. The fraction of sp³-hybridized carbons (Fsp3) is 0.444. The smallest absolute Gasteiger partial charge is 0.315 e. The molecule has 1 aliphatic carbocycles. The first-order chi connectivity index (χ1) is 11.6. The first-order valence-electron chi connectivity index (χ1n) is 8.36. The van der Waals surface area contributed by atoms with E-state index in [0.717, 1.165) is 16.7 Å². The predicted molar refractivity (Wildman–Crippen MR) is 89.8 cm³/mol. The number of carboxylic acid groups (broad SMARTS) is 1. The number of para-hydroxylation sites is 1. The van der Waals surface area contributed by atoms with E-state index in [1.165, 1.54) is 0 Å². The van der Waals surface area contributed by atoms with Gasteiger partial charge in [-0.05, 0) is 37.8 Å². The molecule has 1 saturated carbocycles. The molecule has 0 atom stereocenters. The third-order valence-electron chi connectivity index (χ3n) is 4.55. The van der Waals surface area contributed by atoms with Gasteiger partial charge in [-0.3, -0.25) is 4.79 Å². The fourth-order valence-electron chi connectivity index (χ4n) is 3.18. The molecule has 24 heavy (non-hydrogen) atoms. The average molecular weight is 330 g/mol. The van der Waals surface area contributed by atoms with Crippen molar-refractivity contribution in [2.75, 3.05) is 6.54 Å². The van der Waals surface area contributed by atoms with Crippen LogP contribution in [-0.4, -0.2) is 29.7 Å². The maximum absolute atomic E-state index is 11.9. The number of rotatable bonds is 5. The molecule has 3 rings (SSSR count). The molecule has 2 amide bonds. The molecule has 1 aromatic carbocycles. The number of carbonyl (C=O) groups is 2. The Balaban J connectivity index is 1.39. The Morgan fingerprint density at radius 3 is 2.62 bits per heavy atom. The van der Waals surface area contributed by atoms with Gasteiger partial charge in [0.2, 0.25) is 0 Å². The summed E-state index contributed by atoms with van der Waals surface area (Å²) in [6.07, 6.45) is 3.31. The summed E-state index contributed by atoms with van der Waals surface area (Å²) in [5, 5.41) is 15.8. The van der Waals surface area contributed by atoms with Crippen LogP contribution in [0.25, 0.3) is 11.0 Å². The molecule has 1 aliphatic rings. The van der Waals surface area contributed by atoms with Crippen LogP contribution < -0.4 is 10.6 Å². The second-order valence-corrected chi connectivity index (χ2v) is 6.29. The molecule has 6 nitrogen and oxygen atoms in total. The number of benzene rings is 1. The van der Waals surface area contributed by atoms with Crippen LogP contribution >= 0.6 is 0 Å². The van der Waals surface area contributed by atoms with Crippen molar-refractivity contribution in [1.29, 1.82) is 0 Å². The minimum atomic E-state index is -0.733. The largest absolute Gasteiger partial charge is 0.481 e. The summed E-state index contributed by atoms with van der Waals surface area (Å²) in [5.41, 5.74) is 0.854. The van der Waals surface area contributed by atoms with Crippen LogP contribution in [0.3, 0.4) is 0 Å². The number of carbonyl (C=O) groups excluding carboxylic acids is 1. The standard InChI is InChI=1S/C18H22N2O4/c21-17(22)12-5-7-14(8-6-12)20-18(23)19-10-9-15-11-13-3-1-2-4-16(13)24-15/h1-4,11-12,14H,5-10H2,(H,21,22)(H2,19,20,23). The van der Waals surface area contributed by atoms with Crippen molar-refractivity contribution in [2.24, 2.45) is 5.92 Å². The Bertz CT molecular complexity index is 684. The van der Waals surface area contributed by atoms with Crippen molar-refractivity contribution >= 4 is 23.0 Å². The van der Waals surface area contributed by atoms with Crippen molar-refractivity contribution in [3.63, 3.8) is 0 Å². The van der Waals surface area contributed by atoms with Crippen molar-refractivity contribution in [3.8, 4) is 0 Å². The predicted octanol–water partition coefficient (Wildman–Crippen LogP) is 2.92. The van der Waals surface area contributed by atoms with Crippen LogP contribution in [0, 0.1) is 5.92 Å². The summed E-state index contributed by atoms with van der Waals surface area (Å²) < 4.78 is 5.71. The molecule has 128 valence electrons. The van der Waals surface area contributed by atoms with Crippen LogP contribution in [0.4, 0.5) is 4.79 Å².